The number of benzene rings is 1. The number of nitrogens with zero attached hydrogens (tertiary/aromatic N) is 1. The second-order valence-electron chi connectivity index (χ2n) is 3.81. The van der Waals surface area contributed by atoms with Crippen molar-refractivity contribution in [3.63, 3.8) is 0 Å². The first kappa shape index (κ1) is 13.7. The Kier molecular flexibility index (Phi) is 4.27. The first-order valence-electron chi connectivity index (χ1n) is 5.56. The number of aromatic nitrogens is 1. The van der Waals surface area contributed by atoms with Gasteiger partial charge in [0.25, 0.3) is 0 Å². The molecule has 0 atom stereocenters. The lowest BCUT2D eigenvalue weighted by molar-refractivity contribution is 0.0593. The predicted molar refractivity (Wildman–Crippen MR) is 73.6 cm³/mol. The molecule has 98 valence electrons. The molecule has 0 aliphatic heterocycles. The molecule has 2 aromatic rings. The minimum absolute atomic E-state index is 0.195. The summed E-state index contributed by atoms with van der Waals surface area (Å²) in [6.07, 6.45) is 0. The van der Waals surface area contributed by atoms with Gasteiger partial charge in [0, 0.05) is 10.9 Å². The molecule has 0 radical (unpaired) electrons. The molecule has 0 aliphatic carbocycles. The fraction of sp³-hybridized carbons (Fsp3) is 0.143. The average Bonchev–Trinajstić information content (AvgIpc) is 2.46. The van der Waals surface area contributed by atoms with Crippen LogP contribution in [0, 0.1) is 5.82 Å². The molecule has 1 heterocycles. The lowest BCUT2D eigenvalue weighted by Gasteiger charge is -2.08. The van der Waals surface area contributed by atoms with Crippen molar-refractivity contribution in [2.45, 2.75) is 5.33 Å². The van der Waals surface area contributed by atoms with E-state index in [1.165, 1.54) is 13.2 Å². The zero-order chi connectivity index (χ0) is 13.8. The van der Waals surface area contributed by atoms with Crippen LogP contribution in [-0.2, 0) is 10.1 Å². The van der Waals surface area contributed by atoms with Gasteiger partial charge in [-0.05, 0) is 23.8 Å². The Morgan fingerprint density at radius 3 is 2.68 bits per heavy atom. The number of hydrogen-bond donors (Lipinski definition) is 0. The van der Waals surface area contributed by atoms with Crippen LogP contribution < -0.4 is 0 Å². The van der Waals surface area contributed by atoms with E-state index >= 15 is 0 Å². The third-order valence-corrected chi connectivity index (χ3v) is 3.26. The van der Waals surface area contributed by atoms with Gasteiger partial charge in [-0.2, -0.15) is 0 Å². The van der Waals surface area contributed by atoms with Gasteiger partial charge in [-0.25, -0.2) is 14.2 Å². The van der Waals surface area contributed by atoms with Gasteiger partial charge in [-0.15, -0.1) is 0 Å². The van der Waals surface area contributed by atoms with Gasteiger partial charge in [-0.3, -0.25) is 0 Å². The average molecular weight is 324 g/mol. The molecule has 0 amide bonds. The van der Waals surface area contributed by atoms with Crippen LogP contribution in [0.15, 0.2) is 36.4 Å². The fourth-order valence-corrected chi connectivity index (χ4v) is 2.14. The fourth-order valence-electron chi connectivity index (χ4n) is 1.69. The van der Waals surface area contributed by atoms with Crippen molar-refractivity contribution >= 4 is 21.9 Å². The molecule has 0 saturated carbocycles. The highest BCUT2D eigenvalue weighted by Crippen LogP contribution is 2.23. The van der Waals surface area contributed by atoms with E-state index in [4.69, 9.17) is 0 Å². The third-order valence-electron chi connectivity index (χ3n) is 2.65. The predicted octanol–water partition coefficient (Wildman–Crippen LogP) is 3.57. The van der Waals surface area contributed by atoms with Crippen LogP contribution in [0.25, 0.3) is 11.3 Å². The Morgan fingerprint density at radius 1 is 1.32 bits per heavy atom. The van der Waals surface area contributed by atoms with Crippen molar-refractivity contribution in [2.75, 3.05) is 7.11 Å². The van der Waals surface area contributed by atoms with Gasteiger partial charge in [-0.1, -0.05) is 34.1 Å². The number of carbonyl (C=O) groups is 1. The van der Waals surface area contributed by atoms with Crippen LogP contribution in [-0.4, -0.2) is 18.1 Å². The zero-order valence-electron chi connectivity index (χ0n) is 10.2. The first-order valence-corrected chi connectivity index (χ1v) is 6.68. The van der Waals surface area contributed by atoms with Gasteiger partial charge < -0.3 is 4.74 Å². The van der Waals surface area contributed by atoms with Gasteiger partial charge >= 0.3 is 5.97 Å². The number of esters is 1. The van der Waals surface area contributed by atoms with Crippen molar-refractivity contribution in [1.29, 1.82) is 0 Å². The summed E-state index contributed by atoms with van der Waals surface area (Å²) in [6, 6.07) is 9.71. The Morgan fingerprint density at radius 2 is 2.05 bits per heavy atom. The maximum atomic E-state index is 13.7. The smallest absolute Gasteiger partial charge is 0.356 e. The summed E-state index contributed by atoms with van der Waals surface area (Å²) in [6.45, 7) is 0. The standard InChI is InChI=1S/C14H11BrFNO2/c1-19-14(18)13-9(8-15)6-7-12(17-13)10-4-2-3-5-11(10)16/h2-7H,8H2,1H3. The summed E-state index contributed by atoms with van der Waals surface area (Å²) in [5.41, 5.74) is 1.66. The molecule has 3 nitrogen and oxygen atoms in total. The molecule has 0 bridgehead atoms. The summed E-state index contributed by atoms with van der Waals surface area (Å²) in [5.74, 6) is -0.912. The first-order chi connectivity index (χ1) is 9.17. The molecule has 0 fully saturated rings. The van der Waals surface area contributed by atoms with E-state index in [0.29, 0.717) is 22.2 Å². The van der Waals surface area contributed by atoms with Gasteiger partial charge in [0.15, 0.2) is 5.69 Å². The van der Waals surface area contributed by atoms with E-state index in [1.54, 1.807) is 30.3 Å². The highest BCUT2D eigenvalue weighted by Gasteiger charge is 2.15. The summed E-state index contributed by atoms with van der Waals surface area (Å²) in [5, 5.41) is 0.474. The summed E-state index contributed by atoms with van der Waals surface area (Å²) < 4.78 is 18.4. The maximum absolute atomic E-state index is 13.7. The van der Waals surface area contributed by atoms with Gasteiger partial charge in [0.1, 0.15) is 5.82 Å². The number of methoxy groups -OCH3 is 1. The lowest BCUT2D eigenvalue weighted by Crippen LogP contribution is -2.08. The molecule has 0 unspecified atom stereocenters. The Labute approximate surface area is 118 Å². The lowest BCUT2D eigenvalue weighted by atomic mass is 10.1. The number of rotatable bonds is 3. The topological polar surface area (TPSA) is 39.2 Å². The highest BCUT2D eigenvalue weighted by atomic mass is 79.9. The molecule has 19 heavy (non-hydrogen) atoms. The molecule has 0 N–H and O–H groups in total. The Balaban J connectivity index is 2.55. The maximum Gasteiger partial charge on any atom is 0.356 e. The Bertz CT molecular complexity index is 616. The van der Waals surface area contributed by atoms with E-state index in [0.717, 1.165) is 0 Å². The summed E-state index contributed by atoms with van der Waals surface area (Å²) in [4.78, 5) is 15.9. The molecule has 1 aromatic carbocycles. The van der Waals surface area contributed by atoms with Crippen LogP contribution in [0.5, 0.6) is 0 Å². The molecular formula is C14H11BrFNO2. The van der Waals surface area contributed by atoms with Crippen molar-refractivity contribution in [1.82, 2.24) is 4.98 Å². The second-order valence-corrected chi connectivity index (χ2v) is 4.37. The van der Waals surface area contributed by atoms with Crippen molar-refractivity contribution in [3.05, 3.63) is 53.5 Å². The van der Waals surface area contributed by atoms with Gasteiger partial charge in [0.2, 0.25) is 0 Å². The molecule has 0 spiro atoms. The Hall–Kier alpha value is -1.75. The summed E-state index contributed by atoms with van der Waals surface area (Å²) >= 11 is 3.28. The molecule has 1 aromatic heterocycles. The SMILES string of the molecule is COC(=O)c1nc(-c2ccccc2F)ccc1CBr. The second kappa shape index (κ2) is 5.93. The van der Waals surface area contributed by atoms with Crippen LogP contribution in [0.4, 0.5) is 4.39 Å². The summed E-state index contributed by atoms with van der Waals surface area (Å²) in [7, 11) is 1.29. The third kappa shape index (κ3) is 2.81. The molecule has 0 aliphatic rings. The number of hydrogen-bond acceptors (Lipinski definition) is 3. The van der Waals surface area contributed by atoms with Crippen molar-refractivity contribution in [3.8, 4) is 11.3 Å². The number of ether oxygens (including phenoxy) is 1. The van der Waals surface area contributed by atoms with E-state index in [9.17, 15) is 9.18 Å². The number of alkyl halides is 1. The molecule has 5 heteroatoms. The van der Waals surface area contributed by atoms with Crippen molar-refractivity contribution in [2.24, 2.45) is 0 Å². The number of carbonyl (C=O) groups excluding carboxylic acids is 1. The monoisotopic (exact) mass is 323 g/mol. The zero-order valence-corrected chi connectivity index (χ0v) is 11.8. The van der Waals surface area contributed by atoms with E-state index in [2.05, 4.69) is 25.7 Å². The van der Waals surface area contributed by atoms with Crippen LogP contribution in [0.2, 0.25) is 0 Å². The largest absolute Gasteiger partial charge is 0.464 e. The van der Waals surface area contributed by atoms with E-state index < -0.39 is 5.97 Å². The highest BCUT2D eigenvalue weighted by molar-refractivity contribution is 9.08. The van der Waals surface area contributed by atoms with Gasteiger partial charge in [0.05, 0.1) is 12.8 Å². The van der Waals surface area contributed by atoms with Crippen molar-refractivity contribution < 1.29 is 13.9 Å². The van der Waals surface area contributed by atoms with Crippen LogP contribution >= 0.6 is 15.9 Å². The molecular weight excluding hydrogens is 313 g/mol. The van der Waals surface area contributed by atoms with Crippen LogP contribution in [0.3, 0.4) is 0 Å². The number of pyridine rings is 1. The minimum atomic E-state index is -0.535. The number of halogens is 2. The van der Waals surface area contributed by atoms with E-state index in [-0.39, 0.29) is 11.5 Å². The minimum Gasteiger partial charge on any atom is -0.464 e. The van der Waals surface area contributed by atoms with E-state index in [1.807, 2.05) is 0 Å². The molecule has 2 rings (SSSR count). The van der Waals surface area contributed by atoms with Crippen LogP contribution in [0.1, 0.15) is 16.1 Å². The quantitative estimate of drug-likeness (QED) is 0.640. The molecule has 0 saturated heterocycles. The normalized spacial score (nSPS) is 10.3.